The third kappa shape index (κ3) is 3.76. The second kappa shape index (κ2) is 6.05. The topological polar surface area (TPSA) is 12.0 Å². The minimum atomic E-state index is 0.690. The second-order valence-corrected chi connectivity index (χ2v) is 6.17. The van der Waals surface area contributed by atoms with Gasteiger partial charge in [-0.2, -0.15) is 0 Å². The van der Waals surface area contributed by atoms with Crippen molar-refractivity contribution < 1.29 is 0 Å². The summed E-state index contributed by atoms with van der Waals surface area (Å²) in [6.45, 7) is 3.64. The van der Waals surface area contributed by atoms with E-state index in [4.69, 9.17) is 0 Å². The van der Waals surface area contributed by atoms with Crippen molar-refractivity contribution in [2.24, 2.45) is 5.41 Å². The molecule has 0 saturated heterocycles. The number of hydrogen-bond acceptors (Lipinski definition) is 1. The van der Waals surface area contributed by atoms with Gasteiger partial charge < -0.3 is 5.32 Å². The Balaban J connectivity index is 1.77. The molecule has 1 nitrogen and oxygen atoms in total. The van der Waals surface area contributed by atoms with Crippen LogP contribution in [0.25, 0.3) is 0 Å². The monoisotopic (exact) mass is 223 g/mol. The van der Waals surface area contributed by atoms with Gasteiger partial charge >= 0.3 is 0 Å². The van der Waals surface area contributed by atoms with Gasteiger partial charge in [0.15, 0.2) is 0 Å². The maximum Gasteiger partial charge on any atom is 0.00684 e. The lowest BCUT2D eigenvalue weighted by atomic mass is 9.71. The zero-order valence-corrected chi connectivity index (χ0v) is 11.1. The lowest BCUT2D eigenvalue weighted by Crippen LogP contribution is -2.37. The molecule has 2 rings (SSSR count). The molecule has 0 radical (unpaired) electrons. The lowest BCUT2D eigenvalue weighted by Gasteiger charge is -2.38. The summed E-state index contributed by atoms with van der Waals surface area (Å²) in [5.41, 5.74) is 0.690. The van der Waals surface area contributed by atoms with E-state index in [1.165, 1.54) is 77.2 Å². The first kappa shape index (κ1) is 12.4. The Bertz CT molecular complexity index is 190. The van der Waals surface area contributed by atoms with Crippen LogP contribution in [0.1, 0.15) is 77.6 Å². The Labute approximate surface area is 101 Å². The zero-order chi connectivity index (χ0) is 11.3. The molecule has 0 aromatic heterocycles. The molecule has 2 saturated carbocycles. The van der Waals surface area contributed by atoms with Crippen molar-refractivity contribution in [2.75, 3.05) is 6.54 Å². The Morgan fingerprint density at radius 2 is 1.81 bits per heavy atom. The molecule has 0 heterocycles. The van der Waals surface area contributed by atoms with Crippen LogP contribution in [0, 0.1) is 5.41 Å². The highest BCUT2D eigenvalue weighted by atomic mass is 15.0. The van der Waals surface area contributed by atoms with E-state index >= 15 is 0 Å². The minimum Gasteiger partial charge on any atom is -0.313 e. The molecule has 0 spiro atoms. The fraction of sp³-hybridized carbons (Fsp3) is 1.00. The highest BCUT2D eigenvalue weighted by molar-refractivity contribution is 4.89. The first-order valence-electron chi connectivity index (χ1n) is 7.58. The van der Waals surface area contributed by atoms with E-state index in [0.717, 1.165) is 6.04 Å². The van der Waals surface area contributed by atoms with Crippen molar-refractivity contribution in [1.82, 2.24) is 5.32 Å². The van der Waals surface area contributed by atoms with Gasteiger partial charge in [-0.15, -0.1) is 0 Å². The van der Waals surface area contributed by atoms with Crippen molar-refractivity contribution in [3.8, 4) is 0 Å². The molecule has 0 amide bonds. The molecule has 16 heavy (non-hydrogen) atoms. The van der Waals surface area contributed by atoms with Gasteiger partial charge in [0.2, 0.25) is 0 Å². The van der Waals surface area contributed by atoms with Crippen molar-refractivity contribution in [1.29, 1.82) is 0 Å². The standard InChI is InChI=1S/C15H29N/c1-2-3-5-10-15(11-6-4-7-12-15)13-16-14-8-9-14/h14,16H,2-13H2,1H3. The van der Waals surface area contributed by atoms with E-state index in [1.807, 2.05) is 0 Å². The van der Waals surface area contributed by atoms with Crippen LogP contribution in [0.15, 0.2) is 0 Å². The number of nitrogens with one attached hydrogen (secondary N) is 1. The van der Waals surface area contributed by atoms with Crippen molar-refractivity contribution in [2.45, 2.75) is 83.6 Å². The molecule has 0 aliphatic heterocycles. The van der Waals surface area contributed by atoms with Crippen molar-refractivity contribution in [3.05, 3.63) is 0 Å². The fourth-order valence-electron chi connectivity index (χ4n) is 3.22. The molecule has 0 aromatic rings. The highest BCUT2D eigenvalue weighted by Crippen LogP contribution is 2.40. The summed E-state index contributed by atoms with van der Waals surface area (Å²) in [6, 6.07) is 0.893. The largest absolute Gasteiger partial charge is 0.313 e. The lowest BCUT2D eigenvalue weighted by molar-refractivity contribution is 0.161. The third-order valence-corrected chi connectivity index (χ3v) is 4.57. The van der Waals surface area contributed by atoms with Crippen LogP contribution in [-0.2, 0) is 0 Å². The molecule has 94 valence electrons. The van der Waals surface area contributed by atoms with Crippen LogP contribution in [0.3, 0.4) is 0 Å². The highest BCUT2D eigenvalue weighted by Gasteiger charge is 2.33. The average molecular weight is 223 g/mol. The maximum atomic E-state index is 3.79. The van der Waals surface area contributed by atoms with E-state index in [1.54, 1.807) is 0 Å². The summed E-state index contributed by atoms with van der Waals surface area (Å²) in [4.78, 5) is 0. The van der Waals surface area contributed by atoms with Gasteiger partial charge in [-0.05, 0) is 37.5 Å². The van der Waals surface area contributed by atoms with E-state index in [9.17, 15) is 0 Å². The Hall–Kier alpha value is -0.0400. The summed E-state index contributed by atoms with van der Waals surface area (Å²) in [7, 11) is 0. The first-order chi connectivity index (χ1) is 7.85. The Kier molecular flexibility index (Phi) is 4.69. The normalized spacial score (nSPS) is 24.6. The van der Waals surface area contributed by atoms with Crippen LogP contribution < -0.4 is 5.32 Å². The molecule has 2 aliphatic carbocycles. The van der Waals surface area contributed by atoms with E-state index in [-0.39, 0.29) is 0 Å². The van der Waals surface area contributed by atoms with Crippen LogP contribution in [0.4, 0.5) is 0 Å². The summed E-state index contributed by atoms with van der Waals surface area (Å²) in [5, 5.41) is 3.79. The number of unbranched alkanes of at least 4 members (excludes halogenated alkanes) is 2. The summed E-state index contributed by atoms with van der Waals surface area (Å²) in [5.74, 6) is 0. The molecule has 1 heteroatoms. The summed E-state index contributed by atoms with van der Waals surface area (Å²) in [6.07, 6.45) is 16.1. The fourth-order valence-corrected chi connectivity index (χ4v) is 3.22. The smallest absolute Gasteiger partial charge is 0.00684 e. The zero-order valence-electron chi connectivity index (χ0n) is 11.1. The Morgan fingerprint density at radius 1 is 1.06 bits per heavy atom. The molecular weight excluding hydrogens is 194 g/mol. The van der Waals surface area contributed by atoms with Crippen molar-refractivity contribution >= 4 is 0 Å². The van der Waals surface area contributed by atoms with E-state index < -0.39 is 0 Å². The van der Waals surface area contributed by atoms with Gasteiger partial charge in [-0.3, -0.25) is 0 Å². The SMILES string of the molecule is CCCCCC1(CNC2CC2)CCCCC1. The van der Waals surface area contributed by atoms with Crippen LogP contribution >= 0.6 is 0 Å². The molecule has 0 unspecified atom stereocenters. The second-order valence-electron chi connectivity index (χ2n) is 6.17. The predicted molar refractivity (Wildman–Crippen MR) is 70.7 cm³/mol. The quantitative estimate of drug-likeness (QED) is 0.636. The molecule has 2 fully saturated rings. The predicted octanol–water partition coefficient (Wildman–Crippen LogP) is 4.27. The molecule has 0 atom stereocenters. The first-order valence-corrected chi connectivity index (χ1v) is 7.58. The van der Waals surface area contributed by atoms with Crippen LogP contribution in [0.2, 0.25) is 0 Å². The van der Waals surface area contributed by atoms with Gasteiger partial charge in [0, 0.05) is 12.6 Å². The summed E-state index contributed by atoms with van der Waals surface area (Å²) < 4.78 is 0. The molecule has 0 bridgehead atoms. The third-order valence-electron chi connectivity index (χ3n) is 4.57. The van der Waals surface area contributed by atoms with Crippen LogP contribution in [-0.4, -0.2) is 12.6 Å². The molecular formula is C15H29N. The molecule has 0 aromatic carbocycles. The van der Waals surface area contributed by atoms with Gasteiger partial charge in [-0.25, -0.2) is 0 Å². The van der Waals surface area contributed by atoms with E-state index in [0.29, 0.717) is 5.41 Å². The minimum absolute atomic E-state index is 0.690. The molecule has 1 N–H and O–H groups in total. The maximum absolute atomic E-state index is 3.79. The van der Waals surface area contributed by atoms with Gasteiger partial charge in [-0.1, -0.05) is 45.4 Å². The molecule has 2 aliphatic rings. The summed E-state index contributed by atoms with van der Waals surface area (Å²) >= 11 is 0. The van der Waals surface area contributed by atoms with Crippen LogP contribution in [0.5, 0.6) is 0 Å². The van der Waals surface area contributed by atoms with Crippen molar-refractivity contribution in [3.63, 3.8) is 0 Å². The van der Waals surface area contributed by atoms with E-state index in [2.05, 4.69) is 12.2 Å². The van der Waals surface area contributed by atoms with Gasteiger partial charge in [0.1, 0.15) is 0 Å². The Morgan fingerprint density at radius 3 is 2.44 bits per heavy atom. The van der Waals surface area contributed by atoms with Gasteiger partial charge in [0.25, 0.3) is 0 Å². The average Bonchev–Trinajstić information content (AvgIpc) is 3.12. The number of rotatable bonds is 7. The number of hydrogen-bond donors (Lipinski definition) is 1. The van der Waals surface area contributed by atoms with Gasteiger partial charge in [0.05, 0.1) is 0 Å².